The van der Waals surface area contributed by atoms with Crippen LogP contribution in [0, 0.1) is 31.3 Å². The second kappa shape index (κ2) is 85.6. The van der Waals surface area contributed by atoms with Crippen molar-refractivity contribution in [2.24, 2.45) is 5.73 Å². The number of nitrogens with two attached hydrogens (primary N) is 3. The van der Waals surface area contributed by atoms with E-state index >= 15 is 0 Å². The zero-order valence-corrected chi connectivity index (χ0v) is 78.8. The van der Waals surface area contributed by atoms with E-state index in [1.807, 2.05) is 81.4 Å². The zero-order chi connectivity index (χ0) is 95.2. The lowest BCUT2D eigenvalue weighted by atomic mass is 9.91. The number of halogens is 6. The molecule has 6 atom stereocenters. The maximum absolute atomic E-state index is 11.6. The summed E-state index contributed by atoms with van der Waals surface area (Å²) in [5.41, 5.74) is 28.6. The lowest BCUT2D eigenvalue weighted by Gasteiger charge is -2.25. The Balaban J connectivity index is -0.000000329. The Hall–Kier alpha value is -7.87. The number of aryl methyl sites for hydroxylation is 4. The van der Waals surface area contributed by atoms with Gasteiger partial charge in [-0.1, -0.05) is 54.3 Å². The van der Waals surface area contributed by atoms with Gasteiger partial charge in [-0.3, -0.25) is 38.4 Å². The SMILES string of the molecule is C.COC(=O)CCN[B]C=O.COC(=O)C[C@@H](CI)N[B]C=O.COC(=O)C[C@@H](CO)N[B]C=O.COC(=O)C[C@@H](Cc1cc(N(CCCl)CCCl)ccc1C)N[B]C=O.COC(=O)C[C@@H](Cc1cc(N)ccc1C)N[B]C=O.COC(=O)C[C@H](N[B]C=O)C(C)=O.Cc1ccc(N(CCCl)CCCl)cc1C[C@@H](N)CC(=O)O.Cc1ccc(N)cc1I.O=C=O. The number of nitrogens with one attached hydrogen (secondary N) is 6. The summed E-state index contributed by atoms with van der Waals surface area (Å²) >= 11 is 27.8. The molecule has 0 amide bonds. The quantitative estimate of drug-likeness (QED) is 0.00441. The third-order valence-electron chi connectivity index (χ3n) is 16.1. The lowest BCUT2D eigenvalue weighted by molar-refractivity contribution is -0.192. The predicted molar refractivity (Wildman–Crippen MR) is 511 cm³/mol. The standard InChI is InChI=1S/C17H24BCl2N2O3.C15H22Cl2N2O2.C13H18BN2O3.C7H11BNO4.C7H8IN.C6H10BINO3.C6H11BNO4.C5H9BNO3.CO2.CH4/c1-13-3-4-16(22(7-5-19)8-6-20)10-14(13)9-15(21-18-12-23)11-17(24)25-2;1-11-2-3-14(19(6-4-16)7-5-17)9-12(11)8-13(18)10-15(20)21;1-9-3-4-11(15)5-10(9)6-12(16-14-8-17)7-13(18)19-2;1-5(11)6(9-8-4-10)3-7(12)13-2;1-5-2-3-6(9)4-7(5)8;1-12-6(11)2-5(3-8)9-7-4-10;1-12-6(11)2-5(3-9)8-7-4-10;1-10-5(9)2-3-7-6-4-8;2-1-3;/h3-4,10,12,15,21H,5-9,11H2,1-2H3;2-3,9,13H,4-8,10,18H2,1H3,(H,20,21);3-5,8,12,16H,6-7,15H2,1-2H3;4,6,9H,3H2,1-2H3;2-4H,9H2,1H3;4-5,9H,2-3H2,1H3;4-5,8-9H,2-3H2,1H3;4,7H,2-3H2,1H3;;1H4/t15-;13-;12-;6-;;2*5-;;;/m1110.00.../s1. The number of carboxylic acids is 1. The van der Waals surface area contributed by atoms with E-state index in [0.717, 1.165) is 82.8 Å². The number of rotatable bonds is 51. The fourth-order valence-corrected chi connectivity index (χ4v) is 11.5. The van der Waals surface area contributed by atoms with Crippen LogP contribution in [0.2, 0.25) is 0 Å². The first-order valence-electron chi connectivity index (χ1n) is 37.6. The normalized spacial score (nSPS) is 11.1. The van der Waals surface area contributed by atoms with Crippen molar-refractivity contribution in [2.75, 3.05) is 131 Å². The fourth-order valence-electron chi connectivity index (χ4n) is 9.61. The van der Waals surface area contributed by atoms with Crippen LogP contribution in [0.3, 0.4) is 0 Å². The number of carbonyl (C=O) groups is 14. The molecule has 0 saturated heterocycles. The van der Waals surface area contributed by atoms with Gasteiger partial charge in [0.15, 0.2) is 0 Å². The van der Waals surface area contributed by atoms with Gasteiger partial charge in [0, 0.05) is 111 Å². The van der Waals surface area contributed by atoms with Crippen LogP contribution in [0.15, 0.2) is 72.8 Å². The van der Waals surface area contributed by atoms with Crippen LogP contribution in [0.4, 0.5) is 22.7 Å². The molecule has 0 aliphatic rings. The van der Waals surface area contributed by atoms with E-state index in [4.69, 9.17) is 88.1 Å². The monoisotopic (exact) mass is 2050 g/mol. The molecule has 6 radical (unpaired) electrons. The van der Waals surface area contributed by atoms with Crippen LogP contribution in [-0.2, 0) is 124 Å². The molecule has 0 fully saturated rings. The number of anilines is 4. The first-order valence-corrected chi connectivity index (χ1v) is 42.4. The van der Waals surface area contributed by atoms with Crippen LogP contribution in [0.25, 0.3) is 0 Å². The number of methoxy groups -OCH3 is 6. The summed E-state index contributed by atoms with van der Waals surface area (Å²) in [7, 11) is 15.2. The number of hydrogen-bond acceptors (Lipinski definition) is 34. The lowest BCUT2D eigenvalue weighted by Crippen LogP contribution is -2.40. The highest BCUT2D eigenvalue weighted by atomic mass is 127. The molecule has 0 spiro atoms. The molecule has 0 aromatic heterocycles. The van der Waals surface area contributed by atoms with Gasteiger partial charge in [0.05, 0.1) is 137 Å². The Morgan fingerprint density at radius 3 is 1.13 bits per heavy atom. The van der Waals surface area contributed by atoms with Crippen molar-refractivity contribution in [3.05, 3.63) is 115 Å². The highest BCUT2D eigenvalue weighted by Gasteiger charge is 2.22. The topological polar surface area (TPSA) is 526 Å². The number of nitrogen functional groups attached to an aromatic ring is 2. The molecule has 125 heavy (non-hydrogen) atoms. The van der Waals surface area contributed by atoms with Crippen LogP contribution in [0.1, 0.15) is 98.2 Å². The van der Waals surface area contributed by atoms with Gasteiger partial charge in [-0.2, -0.15) is 9.59 Å². The Labute approximate surface area is 785 Å². The summed E-state index contributed by atoms with van der Waals surface area (Å²) in [4.78, 5) is 168. The molecule has 0 unspecified atom stereocenters. The molecule has 0 saturated carbocycles. The Kier molecular flexibility index (Phi) is 87.5. The summed E-state index contributed by atoms with van der Waals surface area (Å²) in [6.45, 7) is 12.5. The molecule has 4 rings (SSSR count). The predicted octanol–water partition coefficient (Wildman–Crippen LogP) is 3.38. The Morgan fingerprint density at radius 2 is 0.792 bits per heavy atom. The molecule has 0 bridgehead atoms. The van der Waals surface area contributed by atoms with Crippen LogP contribution >= 0.6 is 91.6 Å². The van der Waals surface area contributed by atoms with E-state index in [2.05, 4.69) is 129 Å². The van der Waals surface area contributed by atoms with Crippen molar-refractivity contribution in [1.82, 2.24) is 31.4 Å². The van der Waals surface area contributed by atoms with Gasteiger partial charge >= 0.3 is 47.9 Å². The number of ether oxygens (including phenoxy) is 6. The molecular weight excluding hydrogens is 1940 g/mol. The maximum Gasteiger partial charge on any atom is 0.373 e. The van der Waals surface area contributed by atoms with Gasteiger partial charge in [-0.25, -0.2) is 0 Å². The molecule has 0 heterocycles. The van der Waals surface area contributed by atoms with E-state index in [1.165, 1.54) is 88.4 Å². The maximum atomic E-state index is 11.6. The van der Waals surface area contributed by atoms with Crippen molar-refractivity contribution in [3.63, 3.8) is 0 Å². The molecule has 0 aliphatic heterocycles. The molecule has 0 aliphatic carbocycles. The third-order valence-corrected chi connectivity index (χ3v) is 19.0. The van der Waals surface area contributed by atoms with Crippen molar-refractivity contribution < 1.29 is 115 Å². The molecule has 4 aromatic carbocycles. The van der Waals surface area contributed by atoms with Crippen LogP contribution in [0.5, 0.6) is 0 Å². The number of Topliss-reactive ketones (excluding diaryl/α,β-unsaturated/α-hetero) is 1. The third kappa shape index (κ3) is 70.8. The Bertz CT molecular complexity index is 3720. The number of aliphatic hydroxyl groups excluding tert-OH is 1. The highest BCUT2D eigenvalue weighted by Crippen LogP contribution is 2.24. The van der Waals surface area contributed by atoms with Gasteiger partial charge in [0.2, 0.25) is 0 Å². The fraction of sp³-hybridized carbons (Fsp3) is 0.500. The number of ketones is 1. The van der Waals surface area contributed by atoms with Crippen LogP contribution < -0.4 is 58.4 Å². The van der Waals surface area contributed by atoms with Gasteiger partial charge in [0.1, 0.15) is 5.78 Å². The van der Waals surface area contributed by atoms with Crippen molar-refractivity contribution in [3.8, 4) is 0 Å². The van der Waals surface area contributed by atoms with E-state index in [-0.39, 0.29) is 119 Å². The second-order valence-electron chi connectivity index (χ2n) is 25.3. The first kappa shape index (κ1) is 128. The minimum Gasteiger partial charge on any atom is -0.481 e. The largest absolute Gasteiger partial charge is 0.481 e. The number of alkyl halides is 5. The number of hydrogen-bond donors (Lipinski definition) is 11. The highest BCUT2D eigenvalue weighted by molar-refractivity contribution is 14.1. The van der Waals surface area contributed by atoms with Crippen molar-refractivity contribution >= 4 is 250 Å². The molecule has 14 N–H and O–H groups in total. The second-order valence-corrected chi connectivity index (χ2v) is 28.9. The molecule has 35 nitrogen and oxygen atoms in total. The van der Waals surface area contributed by atoms with Gasteiger partial charge < -0.3 is 126 Å². The number of aliphatic hydroxyl groups is 1. The summed E-state index contributed by atoms with van der Waals surface area (Å²) in [6.07, 6.45) is 6.47. The molecular formula is C78H117B6Cl4I2N11O24. The average molecular weight is 2050 g/mol. The van der Waals surface area contributed by atoms with Crippen LogP contribution in [-0.4, -0.2) is 292 Å². The number of benzene rings is 4. The molecule has 688 valence electrons. The zero-order valence-electron chi connectivity index (χ0n) is 71.4. The summed E-state index contributed by atoms with van der Waals surface area (Å²) in [6, 6.07) is 21.9. The van der Waals surface area contributed by atoms with E-state index in [1.54, 1.807) is 0 Å². The van der Waals surface area contributed by atoms with Crippen molar-refractivity contribution in [1.29, 1.82) is 0 Å². The summed E-state index contributed by atoms with van der Waals surface area (Å²) in [5, 5.41) is 33.8. The van der Waals surface area contributed by atoms with Gasteiger partial charge in [-0.15, -0.1) is 46.4 Å². The van der Waals surface area contributed by atoms with Crippen molar-refractivity contribution in [2.45, 2.75) is 143 Å². The van der Waals surface area contributed by atoms with E-state index in [0.29, 0.717) is 105 Å². The van der Waals surface area contributed by atoms with Gasteiger partial charge in [0.25, 0.3) is 44.5 Å². The Morgan fingerprint density at radius 1 is 0.472 bits per heavy atom. The number of carbonyl (C=O) groups excluding carboxylic acids is 15. The minimum absolute atomic E-state index is 0. The average Bonchev–Trinajstić information content (AvgIpc) is 0.846. The summed E-state index contributed by atoms with van der Waals surface area (Å²) in [5.74, 6) is -1.14. The molecule has 47 heteroatoms. The number of carboxylic acid groups (broad SMARTS) is 1. The summed E-state index contributed by atoms with van der Waals surface area (Å²) < 4.78 is 28.9. The minimum atomic E-state index is -0.873. The van der Waals surface area contributed by atoms with E-state index in [9.17, 15) is 67.1 Å². The number of aliphatic carboxylic acids is 1. The molecule has 4 aromatic rings. The first-order chi connectivity index (χ1) is 59.1. The van der Waals surface area contributed by atoms with Gasteiger partial charge in [-0.05, 0) is 170 Å². The number of nitrogens with zero attached hydrogens (tertiary/aromatic N) is 2. The smallest absolute Gasteiger partial charge is 0.373 e. The number of esters is 6. The van der Waals surface area contributed by atoms with E-state index < -0.39 is 30.0 Å².